The van der Waals surface area contributed by atoms with E-state index in [4.69, 9.17) is 9.47 Å². The Labute approximate surface area is 84.0 Å². The molecule has 0 saturated carbocycles. The van der Waals surface area contributed by atoms with Gasteiger partial charge in [-0.25, -0.2) is 0 Å². The van der Waals surface area contributed by atoms with Gasteiger partial charge in [-0.05, 0) is 19.1 Å². The van der Waals surface area contributed by atoms with Gasteiger partial charge in [-0.15, -0.1) is 0 Å². The zero-order valence-corrected chi connectivity index (χ0v) is 8.62. The number of fused-ring (bicyclic) bond motifs is 2. The third-order valence-electron chi connectivity index (χ3n) is 2.77. The first-order valence-corrected chi connectivity index (χ1v) is 4.82. The van der Waals surface area contributed by atoms with E-state index in [0.717, 1.165) is 6.42 Å². The summed E-state index contributed by atoms with van der Waals surface area (Å²) in [6, 6.07) is 0. The van der Waals surface area contributed by atoms with E-state index in [2.05, 4.69) is 6.92 Å². The normalized spacial score (nSPS) is 40.1. The maximum atomic E-state index is 9.31. The van der Waals surface area contributed by atoms with Gasteiger partial charge in [0.2, 0.25) is 0 Å². The van der Waals surface area contributed by atoms with Gasteiger partial charge in [0, 0.05) is 13.5 Å². The van der Waals surface area contributed by atoms with Crippen LogP contribution in [0.3, 0.4) is 0 Å². The molecule has 0 unspecified atom stereocenters. The highest BCUT2D eigenvalue weighted by molar-refractivity contribution is 5.33. The average Bonchev–Trinajstić information content (AvgIpc) is 2.40. The summed E-state index contributed by atoms with van der Waals surface area (Å²) < 4.78 is 11.0. The molecule has 1 N–H and O–H groups in total. The maximum Gasteiger partial charge on any atom is 0.129 e. The van der Waals surface area contributed by atoms with Crippen molar-refractivity contribution in [2.24, 2.45) is 0 Å². The maximum absolute atomic E-state index is 9.31. The molecular formula is C11H16O3. The van der Waals surface area contributed by atoms with Crippen molar-refractivity contribution in [2.45, 2.75) is 24.5 Å². The Morgan fingerprint density at radius 1 is 1.57 bits per heavy atom. The molecule has 0 radical (unpaired) electrons. The van der Waals surface area contributed by atoms with Crippen molar-refractivity contribution < 1.29 is 14.6 Å². The Morgan fingerprint density at radius 3 is 3.00 bits per heavy atom. The van der Waals surface area contributed by atoms with E-state index in [1.807, 2.05) is 18.2 Å². The van der Waals surface area contributed by atoms with Gasteiger partial charge in [-0.3, -0.25) is 0 Å². The van der Waals surface area contributed by atoms with Crippen molar-refractivity contribution in [3.8, 4) is 0 Å². The van der Waals surface area contributed by atoms with E-state index in [-0.39, 0.29) is 12.2 Å². The zero-order valence-electron chi connectivity index (χ0n) is 8.62. The molecule has 3 heteroatoms. The minimum atomic E-state index is -0.596. The Balaban J connectivity index is 2.29. The van der Waals surface area contributed by atoms with Crippen LogP contribution in [-0.2, 0) is 9.47 Å². The number of rotatable bonds is 3. The van der Waals surface area contributed by atoms with Gasteiger partial charge < -0.3 is 14.6 Å². The van der Waals surface area contributed by atoms with Crippen LogP contribution in [0, 0.1) is 0 Å². The van der Waals surface area contributed by atoms with Crippen molar-refractivity contribution in [1.82, 2.24) is 0 Å². The first-order chi connectivity index (χ1) is 6.64. The molecule has 2 atom stereocenters. The van der Waals surface area contributed by atoms with Crippen LogP contribution in [0.25, 0.3) is 0 Å². The lowest BCUT2D eigenvalue weighted by Crippen LogP contribution is -2.44. The molecule has 0 aromatic carbocycles. The van der Waals surface area contributed by atoms with Crippen molar-refractivity contribution in [3.63, 3.8) is 0 Å². The molecule has 0 saturated heterocycles. The highest BCUT2D eigenvalue weighted by Crippen LogP contribution is 2.41. The summed E-state index contributed by atoms with van der Waals surface area (Å²) in [4.78, 5) is 0. The minimum Gasteiger partial charge on any atom is -0.393 e. The molecule has 78 valence electrons. The molecule has 0 amide bonds. The van der Waals surface area contributed by atoms with Crippen molar-refractivity contribution in [2.75, 3.05) is 20.3 Å². The molecule has 2 aliphatic heterocycles. The van der Waals surface area contributed by atoms with Crippen molar-refractivity contribution in [1.29, 1.82) is 0 Å². The second-order valence-electron chi connectivity index (χ2n) is 4.21. The lowest BCUT2D eigenvalue weighted by molar-refractivity contribution is -0.119. The standard InChI is InChI=1S/C11H16O3/c1-9-5-10(7-12)3-4-11(6-9,14-10)8-13-2/h3-5,12H,6-8H2,1-2H3/t10-,11+/m1/s1. The lowest BCUT2D eigenvalue weighted by atomic mass is 9.93. The third kappa shape index (κ3) is 1.41. The molecular weight excluding hydrogens is 180 g/mol. The molecule has 2 bridgehead atoms. The monoisotopic (exact) mass is 196 g/mol. The van der Waals surface area contributed by atoms with Crippen LogP contribution in [0.1, 0.15) is 13.3 Å². The van der Waals surface area contributed by atoms with E-state index < -0.39 is 5.60 Å². The van der Waals surface area contributed by atoms with Crippen LogP contribution in [-0.4, -0.2) is 36.6 Å². The van der Waals surface area contributed by atoms with Gasteiger partial charge in [0.25, 0.3) is 0 Å². The highest BCUT2D eigenvalue weighted by atomic mass is 16.6. The second-order valence-corrected chi connectivity index (χ2v) is 4.21. The zero-order chi connectivity index (χ0) is 10.2. The topological polar surface area (TPSA) is 38.7 Å². The van der Waals surface area contributed by atoms with Crippen molar-refractivity contribution >= 4 is 0 Å². The van der Waals surface area contributed by atoms with Gasteiger partial charge >= 0.3 is 0 Å². The summed E-state index contributed by atoms with van der Waals surface area (Å²) >= 11 is 0. The number of hydrogen-bond donors (Lipinski definition) is 1. The minimum absolute atomic E-state index is 0.00763. The predicted molar refractivity (Wildman–Crippen MR) is 53.0 cm³/mol. The molecule has 0 aliphatic carbocycles. The fourth-order valence-electron chi connectivity index (χ4n) is 2.36. The van der Waals surface area contributed by atoms with Crippen molar-refractivity contribution in [3.05, 3.63) is 23.8 Å². The van der Waals surface area contributed by atoms with Crippen LogP contribution < -0.4 is 0 Å². The molecule has 2 heterocycles. The molecule has 2 rings (SSSR count). The Kier molecular flexibility index (Phi) is 2.26. The van der Waals surface area contributed by atoms with E-state index >= 15 is 0 Å². The third-order valence-corrected chi connectivity index (χ3v) is 2.77. The highest BCUT2D eigenvalue weighted by Gasteiger charge is 2.46. The molecule has 2 aliphatic rings. The summed E-state index contributed by atoms with van der Waals surface area (Å²) in [7, 11) is 1.67. The van der Waals surface area contributed by atoms with Gasteiger partial charge in [-0.2, -0.15) is 0 Å². The largest absolute Gasteiger partial charge is 0.393 e. The molecule has 0 aromatic heterocycles. The lowest BCUT2D eigenvalue weighted by Gasteiger charge is -2.37. The average molecular weight is 196 g/mol. The number of ether oxygens (including phenoxy) is 2. The Morgan fingerprint density at radius 2 is 2.36 bits per heavy atom. The van der Waals surface area contributed by atoms with Crippen LogP contribution in [0.5, 0.6) is 0 Å². The predicted octanol–water partition coefficient (Wildman–Crippen LogP) is 1.04. The fraction of sp³-hybridized carbons (Fsp3) is 0.636. The van der Waals surface area contributed by atoms with Crippen LogP contribution in [0.2, 0.25) is 0 Å². The summed E-state index contributed by atoms with van der Waals surface area (Å²) in [6.45, 7) is 2.59. The summed E-state index contributed by atoms with van der Waals surface area (Å²) in [6.07, 6.45) is 6.78. The first kappa shape index (κ1) is 9.90. The summed E-state index contributed by atoms with van der Waals surface area (Å²) in [5, 5.41) is 9.31. The van der Waals surface area contributed by atoms with E-state index in [9.17, 15) is 5.11 Å². The van der Waals surface area contributed by atoms with Gasteiger partial charge in [-0.1, -0.05) is 11.6 Å². The first-order valence-electron chi connectivity index (χ1n) is 4.82. The Hall–Kier alpha value is -0.640. The van der Waals surface area contributed by atoms with E-state index in [0.29, 0.717) is 6.61 Å². The number of aliphatic hydroxyl groups excluding tert-OH is 1. The quantitative estimate of drug-likeness (QED) is 0.685. The van der Waals surface area contributed by atoms with Crippen LogP contribution in [0.4, 0.5) is 0 Å². The number of aliphatic hydroxyl groups is 1. The number of hydrogen-bond acceptors (Lipinski definition) is 3. The number of methoxy groups -OCH3 is 1. The summed E-state index contributed by atoms with van der Waals surface area (Å²) in [5.41, 5.74) is 0.296. The molecule has 0 spiro atoms. The van der Waals surface area contributed by atoms with Gasteiger partial charge in [0.15, 0.2) is 0 Å². The molecule has 0 fully saturated rings. The Bertz CT molecular complexity index is 295. The van der Waals surface area contributed by atoms with Crippen LogP contribution in [0.15, 0.2) is 23.8 Å². The van der Waals surface area contributed by atoms with Gasteiger partial charge in [0.1, 0.15) is 11.2 Å². The smallest absolute Gasteiger partial charge is 0.129 e. The van der Waals surface area contributed by atoms with Gasteiger partial charge in [0.05, 0.1) is 13.2 Å². The molecule has 3 nitrogen and oxygen atoms in total. The van der Waals surface area contributed by atoms with E-state index in [1.54, 1.807) is 7.11 Å². The van der Waals surface area contributed by atoms with E-state index in [1.165, 1.54) is 5.57 Å². The van der Waals surface area contributed by atoms with Crippen LogP contribution >= 0.6 is 0 Å². The SMILES string of the molecule is COC[C@]12C=C[C@](CO)(C=C(C)C1)O2. The fourth-order valence-corrected chi connectivity index (χ4v) is 2.36. The molecule has 0 aromatic rings. The molecule has 14 heavy (non-hydrogen) atoms. The summed E-state index contributed by atoms with van der Waals surface area (Å²) in [5.74, 6) is 0. The second kappa shape index (κ2) is 3.19.